The van der Waals surface area contributed by atoms with Crippen molar-refractivity contribution in [3.63, 3.8) is 0 Å². The third-order valence-electron chi connectivity index (χ3n) is 5.49. The lowest BCUT2D eigenvalue weighted by Crippen LogP contribution is -2.46. The molecule has 2 aromatic rings. The molecule has 2 heterocycles. The van der Waals surface area contributed by atoms with Gasteiger partial charge in [-0.3, -0.25) is 9.59 Å². The summed E-state index contributed by atoms with van der Waals surface area (Å²) in [4.78, 5) is 32.0. The maximum atomic E-state index is 13.3. The van der Waals surface area contributed by atoms with Gasteiger partial charge in [0.25, 0.3) is 5.91 Å². The number of thiazole rings is 1. The summed E-state index contributed by atoms with van der Waals surface area (Å²) in [5, 5.41) is 0.752. The fourth-order valence-electron chi connectivity index (χ4n) is 4.38. The van der Waals surface area contributed by atoms with Crippen molar-refractivity contribution >= 4 is 23.2 Å². The summed E-state index contributed by atoms with van der Waals surface area (Å²) < 4.78 is 13.2. The first-order valence-corrected chi connectivity index (χ1v) is 9.61. The summed E-state index contributed by atoms with van der Waals surface area (Å²) in [6, 6.07) is 5.46. The summed E-state index contributed by atoms with van der Waals surface area (Å²) >= 11 is 1.39. The number of rotatable bonds is 3. The number of primary amides is 1. The molecule has 7 heteroatoms. The molecule has 0 radical (unpaired) electrons. The highest BCUT2D eigenvalue weighted by atomic mass is 32.1. The first-order valence-electron chi connectivity index (χ1n) is 8.79. The van der Waals surface area contributed by atoms with Crippen LogP contribution in [0.5, 0.6) is 0 Å². The number of benzene rings is 1. The number of nitrogens with zero attached hydrogens (tertiary/aromatic N) is 2. The van der Waals surface area contributed by atoms with E-state index >= 15 is 0 Å². The number of hydrogen-bond donors (Lipinski definition) is 1. The van der Waals surface area contributed by atoms with Gasteiger partial charge in [-0.15, -0.1) is 11.3 Å². The van der Waals surface area contributed by atoms with Crippen LogP contribution in [-0.4, -0.2) is 34.3 Å². The van der Waals surface area contributed by atoms with Crippen LogP contribution in [0.1, 0.15) is 34.8 Å². The number of hydrogen-bond acceptors (Lipinski definition) is 4. The van der Waals surface area contributed by atoms with Gasteiger partial charge in [0.1, 0.15) is 17.6 Å². The van der Waals surface area contributed by atoms with Gasteiger partial charge in [-0.2, -0.15) is 0 Å². The molecule has 0 bridgehead atoms. The molecule has 1 saturated carbocycles. The molecule has 1 aliphatic carbocycles. The zero-order valence-electron chi connectivity index (χ0n) is 14.4. The molecule has 3 atom stereocenters. The third-order valence-corrected chi connectivity index (χ3v) is 6.51. The number of halogens is 1. The normalized spacial score (nSPS) is 24.7. The number of amides is 2. The van der Waals surface area contributed by atoms with Gasteiger partial charge in [-0.1, -0.05) is 18.6 Å². The Bertz CT molecular complexity index is 864. The molecule has 136 valence electrons. The predicted molar refractivity (Wildman–Crippen MR) is 97.1 cm³/mol. The number of fused-ring (bicyclic) bond motifs is 1. The second kappa shape index (κ2) is 6.46. The van der Waals surface area contributed by atoms with Gasteiger partial charge in [-0.25, -0.2) is 9.37 Å². The number of carbonyl (C=O) groups excluding carboxylic acids is 2. The molecule has 2 N–H and O–H groups in total. The summed E-state index contributed by atoms with van der Waals surface area (Å²) in [5.41, 5.74) is 6.71. The van der Waals surface area contributed by atoms with Crippen LogP contribution in [0.25, 0.3) is 10.4 Å². The number of likely N-dealkylation sites (tertiary alicyclic amines) is 1. The molecule has 2 aliphatic rings. The molecule has 5 nitrogen and oxygen atoms in total. The van der Waals surface area contributed by atoms with Crippen molar-refractivity contribution in [2.45, 2.75) is 32.2 Å². The lowest BCUT2D eigenvalue weighted by atomic mass is 9.93. The van der Waals surface area contributed by atoms with Crippen LogP contribution in [0.2, 0.25) is 0 Å². The highest BCUT2D eigenvalue weighted by Crippen LogP contribution is 2.43. The SMILES string of the molecule is Cc1nc(C(=O)N2CC3CCCC3C2C(N)=O)c(-c2ccc(F)cc2)s1. The standard InChI is InChI=1S/C19H20FN3O2S/c1-10-22-15(17(26-10)11-5-7-13(20)8-6-11)19(25)23-9-12-3-2-4-14(12)16(23)18(21)24/h5-8,12,14,16H,2-4,9H2,1H3,(H2,21,24). The van der Waals surface area contributed by atoms with Crippen molar-refractivity contribution in [2.24, 2.45) is 17.6 Å². The van der Waals surface area contributed by atoms with Crippen LogP contribution >= 0.6 is 11.3 Å². The first kappa shape index (κ1) is 17.1. The van der Waals surface area contributed by atoms with E-state index in [2.05, 4.69) is 4.98 Å². The molecule has 4 rings (SSSR count). The Balaban J connectivity index is 1.70. The second-order valence-corrected chi connectivity index (χ2v) is 8.28. The van der Waals surface area contributed by atoms with Crippen molar-refractivity contribution in [3.8, 4) is 10.4 Å². The van der Waals surface area contributed by atoms with Gasteiger partial charge in [0.05, 0.1) is 9.88 Å². The quantitative estimate of drug-likeness (QED) is 0.899. The molecule has 1 aromatic heterocycles. The summed E-state index contributed by atoms with van der Waals surface area (Å²) in [5.74, 6) is -0.533. The first-order chi connectivity index (χ1) is 12.5. The topological polar surface area (TPSA) is 76.3 Å². The number of carbonyl (C=O) groups is 2. The summed E-state index contributed by atoms with van der Waals surface area (Å²) in [7, 11) is 0. The van der Waals surface area contributed by atoms with E-state index in [0.29, 0.717) is 23.0 Å². The Labute approximate surface area is 155 Å². The van der Waals surface area contributed by atoms with Gasteiger partial charge in [0, 0.05) is 6.54 Å². The van der Waals surface area contributed by atoms with Crippen molar-refractivity contribution < 1.29 is 14.0 Å². The predicted octanol–water partition coefficient (Wildman–Crippen LogP) is 2.98. The minimum Gasteiger partial charge on any atom is -0.368 e. The molecule has 2 fully saturated rings. The van der Waals surface area contributed by atoms with Crippen LogP contribution in [-0.2, 0) is 4.79 Å². The number of aryl methyl sites for hydroxylation is 1. The molecule has 1 aromatic carbocycles. The lowest BCUT2D eigenvalue weighted by molar-refractivity contribution is -0.122. The number of aromatic nitrogens is 1. The molecular formula is C19H20FN3O2S. The molecule has 1 aliphatic heterocycles. The van der Waals surface area contributed by atoms with Crippen LogP contribution in [0.3, 0.4) is 0 Å². The molecule has 0 spiro atoms. The fourth-order valence-corrected chi connectivity index (χ4v) is 5.30. The van der Waals surface area contributed by atoms with Gasteiger partial charge in [-0.05, 0) is 49.3 Å². The zero-order valence-corrected chi connectivity index (χ0v) is 15.3. The Kier molecular flexibility index (Phi) is 4.26. The van der Waals surface area contributed by atoms with E-state index in [1.807, 2.05) is 6.92 Å². The van der Waals surface area contributed by atoms with Gasteiger partial charge in [0.2, 0.25) is 5.91 Å². The second-order valence-electron chi connectivity index (χ2n) is 7.08. The maximum Gasteiger partial charge on any atom is 0.274 e. The highest BCUT2D eigenvalue weighted by Gasteiger charge is 2.49. The Morgan fingerprint density at radius 2 is 2.00 bits per heavy atom. The minimum atomic E-state index is -0.557. The largest absolute Gasteiger partial charge is 0.368 e. The van der Waals surface area contributed by atoms with Gasteiger partial charge >= 0.3 is 0 Å². The van der Waals surface area contributed by atoms with Crippen LogP contribution < -0.4 is 5.73 Å². The minimum absolute atomic E-state index is 0.158. The van der Waals surface area contributed by atoms with Gasteiger partial charge in [0.15, 0.2) is 0 Å². The van der Waals surface area contributed by atoms with E-state index in [4.69, 9.17) is 5.73 Å². The Morgan fingerprint density at radius 1 is 1.27 bits per heavy atom. The van der Waals surface area contributed by atoms with E-state index in [0.717, 1.165) is 29.8 Å². The molecule has 1 saturated heterocycles. The van der Waals surface area contributed by atoms with Crippen molar-refractivity contribution in [1.82, 2.24) is 9.88 Å². The summed E-state index contributed by atoms with van der Waals surface area (Å²) in [6.45, 7) is 2.38. The van der Waals surface area contributed by atoms with E-state index in [1.54, 1.807) is 17.0 Å². The summed E-state index contributed by atoms with van der Waals surface area (Å²) in [6.07, 6.45) is 3.04. The van der Waals surface area contributed by atoms with Crippen LogP contribution in [0.4, 0.5) is 4.39 Å². The van der Waals surface area contributed by atoms with Crippen molar-refractivity contribution in [1.29, 1.82) is 0 Å². The zero-order chi connectivity index (χ0) is 18.4. The van der Waals surface area contributed by atoms with Crippen LogP contribution in [0.15, 0.2) is 24.3 Å². The van der Waals surface area contributed by atoms with E-state index in [-0.39, 0.29) is 17.6 Å². The molecule has 26 heavy (non-hydrogen) atoms. The molecule has 3 unspecified atom stereocenters. The van der Waals surface area contributed by atoms with Crippen LogP contribution in [0, 0.1) is 24.6 Å². The molecule has 2 amide bonds. The average Bonchev–Trinajstić information content (AvgIpc) is 3.28. The molecular weight excluding hydrogens is 353 g/mol. The van der Waals surface area contributed by atoms with Crippen molar-refractivity contribution in [2.75, 3.05) is 6.54 Å². The lowest BCUT2D eigenvalue weighted by Gasteiger charge is -2.25. The third kappa shape index (κ3) is 2.80. The maximum absolute atomic E-state index is 13.3. The van der Waals surface area contributed by atoms with E-state index < -0.39 is 11.9 Å². The average molecular weight is 373 g/mol. The highest BCUT2D eigenvalue weighted by molar-refractivity contribution is 7.15. The number of nitrogens with two attached hydrogens (primary N) is 1. The van der Waals surface area contributed by atoms with Gasteiger partial charge < -0.3 is 10.6 Å². The van der Waals surface area contributed by atoms with E-state index in [1.165, 1.54) is 23.5 Å². The monoisotopic (exact) mass is 373 g/mol. The smallest absolute Gasteiger partial charge is 0.274 e. The van der Waals surface area contributed by atoms with E-state index in [9.17, 15) is 14.0 Å². The Morgan fingerprint density at radius 3 is 2.69 bits per heavy atom. The Hall–Kier alpha value is -2.28. The fraction of sp³-hybridized carbons (Fsp3) is 0.421. The van der Waals surface area contributed by atoms with Crippen molar-refractivity contribution in [3.05, 3.63) is 40.8 Å².